The largest absolute Gasteiger partial charge is 0.481 e. The van der Waals surface area contributed by atoms with Gasteiger partial charge in [-0.2, -0.15) is 0 Å². The van der Waals surface area contributed by atoms with E-state index in [1.807, 2.05) is 6.20 Å². The van der Waals surface area contributed by atoms with E-state index in [2.05, 4.69) is 44.0 Å². The topological polar surface area (TPSA) is 72.5 Å². The van der Waals surface area contributed by atoms with Gasteiger partial charge in [0.15, 0.2) is 0 Å². The van der Waals surface area contributed by atoms with Crippen LogP contribution in [-0.2, 0) is 24.2 Å². The third-order valence-corrected chi connectivity index (χ3v) is 7.28. The molecule has 28 heavy (non-hydrogen) atoms. The van der Waals surface area contributed by atoms with Gasteiger partial charge in [0, 0.05) is 36.9 Å². The van der Waals surface area contributed by atoms with E-state index in [0.717, 1.165) is 51.1 Å². The van der Waals surface area contributed by atoms with Crippen molar-refractivity contribution >= 4 is 5.97 Å². The average Bonchev–Trinajstić information content (AvgIpc) is 3.41. The number of carboxylic acids is 1. The lowest BCUT2D eigenvalue weighted by Gasteiger charge is -2.43. The van der Waals surface area contributed by atoms with Crippen molar-refractivity contribution in [1.29, 1.82) is 0 Å². The van der Waals surface area contributed by atoms with Crippen LogP contribution in [0.1, 0.15) is 29.8 Å². The molecule has 2 aliphatic heterocycles. The highest BCUT2D eigenvalue weighted by Gasteiger charge is 2.51. The average molecular weight is 380 g/mol. The van der Waals surface area contributed by atoms with Crippen molar-refractivity contribution in [3.8, 4) is 0 Å². The summed E-state index contributed by atoms with van der Waals surface area (Å²) >= 11 is 0. The maximum Gasteiger partial charge on any atom is 0.308 e. The molecule has 2 saturated heterocycles. The number of H-pyrrole nitrogens is 1. The molecule has 6 heteroatoms. The Bertz CT molecular complexity index is 817. The summed E-state index contributed by atoms with van der Waals surface area (Å²) in [6, 6.07) is 9.36. The molecular weight excluding hydrogens is 352 g/mol. The zero-order valence-corrected chi connectivity index (χ0v) is 16.2. The summed E-state index contributed by atoms with van der Waals surface area (Å²) in [7, 11) is 0. The molecule has 5 rings (SSSR count). The summed E-state index contributed by atoms with van der Waals surface area (Å²) < 4.78 is 0. The summed E-state index contributed by atoms with van der Waals surface area (Å²) in [4.78, 5) is 24.4. The van der Waals surface area contributed by atoms with E-state index in [0.29, 0.717) is 19.1 Å². The van der Waals surface area contributed by atoms with Crippen LogP contribution >= 0.6 is 0 Å². The molecule has 0 amide bonds. The number of carbonyl (C=O) groups is 1. The minimum Gasteiger partial charge on any atom is -0.481 e. The highest BCUT2D eigenvalue weighted by Crippen LogP contribution is 2.46. The molecule has 1 aromatic carbocycles. The molecule has 1 spiro atoms. The molecule has 0 bridgehead atoms. The standard InChI is InChI=1S/C22H28N4O2/c27-21(28)19-13-25(14-20-23-7-8-24-20)15-22(19)5-9-26(10-6-22)18-11-16-3-1-2-4-17(16)12-18/h1-4,7-8,18-19H,5-6,9-15H2,(H,23,24)(H,27,28). The molecule has 0 saturated carbocycles. The first-order valence-electron chi connectivity index (χ1n) is 10.4. The second-order valence-corrected chi connectivity index (χ2v) is 8.83. The number of aliphatic carboxylic acids is 1. The lowest BCUT2D eigenvalue weighted by Crippen LogP contribution is -2.49. The summed E-state index contributed by atoms with van der Waals surface area (Å²) in [6.45, 7) is 4.22. The van der Waals surface area contributed by atoms with Gasteiger partial charge in [0.1, 0.15) is 5.82 Å². The minimum atomic E-state index is -0.635. The number of hydrogen-bond acceptors (Lipinski definition) is 4. The second kappa shape index (κ2) is 7.01. The van der Waals surface area contributed by atoms with Gasteiger partial charge in [-0.1, -0.05) is 24.3 Å². The van der Waals surface area contributed by atoms with E-state index in [4.69, 9.17) is 0 Å². The van der Waals surface area contributed by atoms with Crippen LogP contribution in [0.15, 0.2) is 36.7 Å². The van der Waals surface area contributed by atoms with Crippen molar-refractivity contribution in [2.75, 3.05) is 26.2 Å². The van der Waals surface area contributed by atoms with Crippen LogP contribution in [0.25, 0.3) is 0 Å². The van der Waals surface area contributed by atoms with Crippen molar-refractivity contribution in [3.63, 3.8) is 0 Å². The number of hydrogen-bond donors (Lipinski definition) is 2. The van der Waals surface area contributed by atoms with E-state index >= 15 is 0 Å². The van der Waals surface area contributed by atoms with Gasteiger partial charge in [0.25, 0.3) is 0 Å². The Morgan fingerprint density at radius 3 is 2.54 bits per heavy atom. The first-order valence-corrected chi connectivity index (χ1v) is 10.4. The van der Waals surface area contributed by atoms with Crippen LogP contribution in [-0.4, -0.2) is 63.1 Å². The predicted molar refractivity (Wildman–Crippen MR) is 106 cm³/mol. The number of fused-ring (bicyclic) bond motifs is 1. The molecule has 148 valence electrons. The minimum absolute atomic E-state index is 0.0968. The predicted octanol–water partition coefficient (Wildman–Crippen LogP) is 2.18. The van der Waals surface area contributed by atoms with E-state index < -0.39 is 5.97 Å². The summed E-state index contributed by atoms with van der Waals surface area (Å²) in [5, 5.41) is 9.91. The molecule has 1 aliphatic carbocycles. The van der Waals surface area contributed by atoms with Gasteiger partial charge in [-0.05, 0) is 49.9 Å². The van der Waals surface area contributed by atoms with Crippen molar-refractivity contribution in [2.24, 2.45) is 11.3 Å². The van der Waals surface area contributed by atoms with Crippen LogP contribution in [0.4, 0.5) is 0 Å². The molecule has 1 atom stereocenters. The van der Waals surface area contributed by atoms with Crippen LogP contribution < -0.4 is 0 Å². The maximum absolute atomic E-state index is 12.0. The molecule has 0 radical (unpaired) electrons. The molecule has 2 aromatic rings. The Hall–Kier alpha value is -2.18. The number of aromatic amines is 1. The molecular formula is C22H28N4O2. The highest BCUT2D eigenvalue weighted by molar-refractivity contribution is 5.72. The highest BCUT2D eigenvalue weighted by atomic mass is 16.4. The smallest absolute Gasteiger partial charge is 0.308 e. The Morgan fingerprint density at radius 1 is 1.21 bits per heavy atom. The van der Waals surface area contributed by atoms with Gasteiger partial charge in [0.2, 0.25) is 0 Å². The van der Waals surface area contributed by atoms with Crippen LogP contribution in [0.2, 0.25) is 0 Å². The van der Waals surface area contributed by atoms with Gasteiger partial charge in [0.05, 0.1) is 12.5 Å². The molecule has 1 unspecified atom stereocenters. The second-order valence-electron chi connectivity index (χ2n) is 8.83. The Labute approximate surface area is 165 Å². The van der Waals surface area contributed by atoms with Gasteiger partial charge >= 0.3 is 5.97 Å². The van der Waals surface area contributed by atoms with Gasteiger partial charge in [-0.25, -0.2) is 4.98 Å². The number of nitrogens with one attached hydrogen (secondary N) is 1. The van der Waals surface area contributed by atoms with Crippen molar-refractivity contribution in [1.82, 2.24) is 19.8 Å². The number of rotatable bonds is 4. The Morgan fingerprint density at radius 2 is 1.93 bits per heavy atom. The molecule has 1 aromatic heterocycles. The van der Waals surface area contributed by atoms with E-state index in [1.165, 1.54) is 11.1 Å². The molecule has 3 heterocycles. The number of imidazole rings is 1. The number of benzene rings is 1. The zero-order chi connectivity index (χ0) is 19.1. The number of aromatic nitrogens is 2. The Balaban J connectivity index is 1.25. The quantitative estimate of drug-likeness (QED) is 0.851. The van der Waals surface area contributed by atoms with E-state index in [9.17, 15) is 9.90 Å². The fourth-order valence-electron chi connectivity index (χ4n) is 5.76. The first-order chi connectivity index (χ1) is 13.6. The van der Waals surface area contributed by atoms with Crippen LogP contribution in [0.3, 0.4) is 0 Å². The van der Waals surface area contributed by atoms with Gasteiger partial charge < -0.3 is 10.1 Å². The summed E-state index contributed by atoms with van der Waals surface area (Å²) in [5.41, 5.74) is 2.88. The van der Waals surface area contributed by atoms with E-state index in [1.54, 1.807) is 6.20 Å². The van der Waals surface area contributed by atoms with Gasteiger partial charge in [-0.3, -0.25) is 14.6 Å². The third kappa shape index (κ3) is 3.14. The number of piperidine rings is 1. The first kappa shape index (κ1) is 17.9. The molecule has 3 aliphatic rings. The monoisotopic (exact) mass is 380 g/mol. The SMILES string of the molecule is O=C(O)C1CN(Cc2ncc[nH]2)CC12CCN(C1Cc3ccccc3C1)CC2. The third-order valence-electron chi connectivity index (χ3n) is 7.28. The fourth-order valence-corrected chi connectivity index (χ4v) is 5.76. The van der Waals surface area contributed by atoms with Crippen molar-refractivity contribution < 1.29 is 9.90 Å². The van der Waals surface area contributed by atoms with Crippen LogP contribution in [0.5, 0.6) is 0 Å². The van der Waals surface area contributed by atoms with Gasteiger partial charge in [-0.15, -0.1) is 0 Å². The normalized spacial score (nSPS) is 25.4. The lowest BCUT2D eigenvalue weighted by atomic mass is 9.70. The fraction of sp³-hybridized carbons (Fsp3) is 0.545. The molecule has 2 N–H and O–H groups in total. The summed E-state index contributed by atoms with van der Waals surface area (Å²) in [5.74, 6) is 0.0106. The van der Waals surface area contributed by atoms with Crippen molar-refractivity contribution in [2.45, 2.75) is 38.3 Å². The number of carboxylic acid groups (broad SMARTS) is 1. The summed E-state index contributed by atoms with van der Waals surface area (Å²) in [6.07, 6.45) is 7.81. The molecule has 2 fully saturated rings. The lowest BCUT2D eigenvalue weighted by molar-refractivity contribution is -0.146. The number of nitrogens with zero attached hydrogens (tertiary/aromatic N) is 3. The zero-order valence-electron chi connectivity index (χ0n) is 16.2. The van der Waals surface area contributed by atoms with Crippen LogP contribution in [0, 0.1) is 11.3 Å². The maximum atomic E-state index is 12.0. The number of likely N-dealkylation sites (tertiary alicyclic amines) is 2. The van der Waals surface area contributed by atoms with E-state index in [-0.39, 0.29) is 11.3 Å². The van der Waals surface area contributed by atoms with Crippen molar-refractivity contribution in [3.05, 3.63) is 53.6 Å². The Kier molecular flexibility index (Phi) is 4.48. The molecule has 6 nitrogen and oxygen atoms in total.